The van der Waals surface area contributed by atoms with Crippen molar-refractivity contribution in [3.05, 3.63) is 35.4 Å². The van der Waals surface area contributed by atoms with E-state index in [1.807, 2.05) is 62.3 Å². The van der Waals surface area contributed by atoms with Crippen molar-refractivity contribution in [2.24, 2.45) is 10.8 Å². The number of hydrogen-bond acceptors (Lipinski definition) is 5. The van der Waals surface area contributed by atoms with E-state index in [1.54, 1.807) is 24.3 Å². The third-order valence-electron chi connectivity index (χ3n) is 6.65. The van der Waals surface area contributed by atoms with Gasteiger partial charge in [0.05, 0.1) is 23.8 Å². The Hall–Kier alpha value is -2.92. The number of aliphatic hydroxyl groups excluding tert-OH is 1. The van der Waals surface area contributed by atoms with Gasteiger partial charge in [0.2, 0.25) is 17.7 Å². The lowest BCUT2D eigenvalue weighted by Crippen LogP contribution is -2.59. The lowest BCUT2D eigenvalue weighted by atomic mass is 9.83. The van der Waals surface area contributed by atoms with Crippen molar-refractivity contribution in [2.45, 2.75) is 99.4 Å². The van der Waals surface area contributed by atoms with E-state index in [0.29, 0.717) is 12.0 Å². The van der Waals surface area contributed by atoms with Crippen LogP contribution in [0.3, 0.4) is 0 Å². The first kappa shape index (κ1) is 31.1. The molecule has 3 amide bonds. The molecule has 1 aromatic rings. The average molecular weight is 501 g/mol. The number of hydrogen-bond donors (Lipinski definition) is 3. The Morgan fingerprint density at radius 1 is 1.11 bits per heavy atom. The SMILES string of the molecule is CC.CCC(C)(C)C(=O)NC(C(=O)N1CC(O)CC1C(=O)NC(C)c1ccc(C#N)cc1)C(C)(C)C. The molecule has 8 nitrogen and oxygen atoms in total. The fourth-order valence-electron chi connectivity index (χ4n) is 3.85. The van der Waals surface area contributed by atoms with E-state index < -0.39 is 29.0 Å². The van der Waals surface area contributed by atoms with Gasteiger partial charge in [0.25, 0.3) is 0 Å². The summed E-state index contributed by atoms with van der Waals surface area (Å²) in [5.41, 5.74) is 0.118. The highest BCUT2D eigenvalue weighted by Gasteiger charge is 2.45. The molecule has 4 unspecified atom stereocenters. The van der Waals surface area contributed by atoms with Crippen LogP contribution in [-0.4, -0.2) is 52.5 Å². The Morgan fingerprint density at radius 3 is 2.14 bits per heavy atom. The Balaban J connectivity index is 0.00000316. The second-order valence-electron chi connectivity index (χ2n) is 10.9. The molecular weight excluding hydrogens is 456 g/mol. The fourth-order valence-corrected chi connectivity index (χ4v) is 3.85. The predicted molar refractivity (Wildman–Crippen MR) is 141 cm³/mol. The highest BCUT2D eigenvalue weighted by Crippen LogP contribution is 2.28. The second-order valence-corrected chi connectivity index (χ2v) is 10.9. The molecular formula is C28H44N4O4. The first-order valence-corrected chi connectivity index (χ1v) is 12.8. The van der Waals surface area contributed by atoms with E-state index >= 15 is 0 Å². The smallest absolute Gasteiger partial charge is 0.246 e. The van der Waals surface area contributed by atoms with Gasteiger partial charge in [0.15, 0.2) is 0 Å². The number of likely N-dealkylation sites (tertiary alicyclic amines) is 1. The molecule has 1 aliphatic heterocycles. The Labute approximate surface area is 216 Å². The molecule has 1 aromatic carbocycles. The maximum atomic E-state index is 13.6. The molecule has 3 N–H and O–H groups in total. The fraction of sp³-hybridized carbons (Fsp3) is 0.643. The van der Waals surface area contributed by atoms with Gasteiger partial charge in [0, 0.05) is 18.4 Å². The van der Waals surface area contributed by atoms with Crippen LogP contribution in [0.2, 0.25) is 0 Å². The Morgan fingerprint density at radius 2 is 1.67 bits per heavy atom. The summed E-state index contributed by atoms with van der Waals surface area (Å²) in [7, 11) is 0. The number of amides is 3. The maximum Gasteiger partial charge on any atom is 0.246 e. The highest BCUT2D eigenvalue weighted by atomic mass is 16.3. The normalized spacial score (nSPS) is 19.3. The van der Waals surface area contributed by atoms with Gasteiger partial charge in [0.1, 0.15) is 12.1 Å². The lowest BCUT2D eigenvalue weighted by Gasteiger charge is -2.37. The van der Waals surface area contributed by atoms with E-state index in [0.717, 1.165) is 5.56 Å². The highest BCUT2D eigenvalue weighted by molar-refractivity contribution is 5.94. The number of nitrogens with one attached hydrogen (secondary N) is 2. The molecule has 4 atom stereocenters. The largest absolute Gasteiger partial charge is 0.391 e. The number of benzene rings is 1. The van der Waals surface area contributed by atoms with Gasteiger partial charge in [-0.3, -0.25) is 14.4 Å². The summed E-state index contributed by atoms with van der Waals surface area (Å²) in [4.78, 5) is 41.0. The number of nitrogens with zero attached hydrogens (tertiary/aromatic N) is 2. The molecule has 0 aromatic heterocycles. The molecule has 1 aliphatic rings. The Bertz CT molecular complexity index is 944. The van der Waals surface area contributed by atoms with Crippen LogP contribution in [0.5, 0.6) is 0 Å². The molecule has 0 spiro atoms. The standard InChI is InChI=1S/C26H38N4O4.C2H6/c1-8-26(6,7)24(34)29-21(25(3,4)5)23(33)30-15-19(31)13-20(30)22(32)28-16(2)18-11-9-17(14-27)10-12-18;1-2/h9-12,16,19-21,31H,8,13,15H2,1-7H3,(H,28,32)(H,29,34);1-2H3. The van der Waals surface area contributed by atoms with E-state index in [-0.39, 0.29) is 36.7 Å². The number of rotatable bonds is 7. The van der Waals surface area contributed by atoms with Crippen LogP contribution in [-0.2, 0) is 14.4 Å². The quantitative estimate of drug-likeness (QED) is 0.527. The van der Waals surface area contributed by atoms with Gasteiger partial charge >= 0.3 is 0 Å². The van der Waals surface area contributed by atoms with Crippen molar-refractivity contribution in [1.29, 1.82) is 5.26 Å². The van der Waals surface area contributed by atoms with Crippen molar-refractivity contribution in [3.8, 4) is 6.07 Å². The molecule has 36 heavy (non-hydrogen) atoms. The number of aliphatic hydroxyl groups is 1. The van der Waals surface area contributed by atoms with Crippen LogP contribution in [0, 0.1) is 22.2 Å². The van der Waals surface area contributed by atoms with Crippen molar-refractivity contribution in [1.82, 2.24) is 15.5 Å². The minimum absolute atomic E-state index is 0.0296. The number of nitriles is 1. The minimum atomic E-state index is -0.845. The van der Waals surface area contributed by atoms with Crippen LogP contribution >= 0.6 is 0 Å². The summed E-state index contributed by atoms with van der Waals surface area (Å²) >= 11 is 0. The first-order valence-electron chi connectivity index (χ1n) is 12.8. The summed E-state index contributed by atoms with van der Waals surface area (Å²) in [5, 5.41) is 25.1. The minimum Gasteiger partial charge on any atom is -0.391 e. The van der Waals surface area contributed by atoms with Gasteiger partial charge in [-0.25, -0.2) is 0 Å². The first-order chi connectivity index (χ1) is 16.7. The number of β-amino-alcohol motifs (C(OH)–C–C–N with tert-alkyl or cyclic N) is 1. The molecule has 1 heterocycles. The molecule has 8 heteroatoms. The topological polar surface area (TPSA) is 123 Å². The number of carbonyl (C=O) groups is 3. The number of carbonyl (C=O) groups excluding carboxylic acids is 3. The summed E-state index contributed by atoms with van der Waals surface area (Å²) < 4.78 is 0. The molecule has 0 aliphatic carbocycles. The molecule has 0 bridgehead atoms. The van der Waals surface area contributed by atoms with Gasteiger partial charge < -0.3 is 20.6 Å². The van der Waals surface area contributed by atoms with E-state index in [2.05, 4.69) is 16.7 Å². The van der Waals surface area contributed by atoms with E-state index in [1.165, 1.54) is 4.90 Å². The van der Waals surface area contributed by atoms with Crippen molar-refractivity contribution in [2.75, 3.05) is 6.54 Å². The lowest BCUT2D eigenvalue weighted by molar-refractivity contribution is -0.145. The van der Waals surface area contributed by atoms with E-state index in [4.69, 9.17) is 5.26 Å². The van der Waals surface area contributed by atoms with Crippen molar-refractivity contribution >= 4 is 17.7 Å². The zero-order chi connectivity index (χ0) is 27.8. The summed E-state index contributed by atoms with van der Waals surface area (Å²) in [5.74, 6) is -0.969. The molecule has 1 saturated heterocycles. The maximum absolute atomic E-state index is 13.6. The monoisotopic (exact) mass is 500 g/mol. The molecule has 2 rings (SSSR count). The van der Waals surface area contributed by atoms with Gasteiger partial charge in [-0.2, -0.15) is 5.26 Å². The van der Waals surface area contributed by atoms with E-state index in [9.17, 15) is 19.5 Å². The zero-order valence-corrected chi connectivity index (χ0v) is 23.3. The van der Waals surface area contributed by atoms with Crippen LogP contribution in [0.15, 0.2) is 24.3 Å². The predicted octanol–water partition coefficient (Wildman–Crippen LogP) is 3.69. The molecule has 200 valence electrons. The second kappa shape index (κ2) is 12.9. The van der Waals surface area contributed by atoms with Gasteiger partial charge in [-0.05, 0) is 36.5 Å². The van der Waals surface area contributed by atoms with Crippen LogP contribution in [0.4, 0.5) is 0 Å². The molecule has 0 radical (unpaired) electrons. The zero-order valence-electron chi connectivity index (χ0n) is 23.3. The van der Waals surface area contributed by atoms with Crippen molar-refractivity contribution < 1.29 is 19.5 Å². The summed E-state index contributed by atoms with van der Waals surface area (Å²) in [6.07, 6.45) is -0.0821. The average Bonchev–Trinajstić information content (AvgIpc) is 3.24. The third-order valence-corrected chi connectivity index (χ3v) is 6.65. The van der Waals surface area contributed by atoms with Crippen LogP contribution in [0.1, 0.15) is 92.3 Å². The summed E-state index contributed by atoms with van der Waals surface area (Å²) in [6, 6.07) is 6.94. The van der Waals surface area contributed by atoms with Crippen LogP contribution in [0.25, 0.3) is 0 Å². The Kier molecular flexibility index (Phi) is 11.1. The molecule has 0 saturated carbocycles. The van der Waals surface area contributed by atoms with Gasteiger partial charge in [-0.1, -0.05) is 67.5 Å². The third kappa shape index (κ3) is 7.79. The van der Waals surface area contributed by atoms with Crippen LogP contribution < -0.4 is 10.6 Å². The van der Waals surface area contributed by atoms with Gasteiger partial charge in [-0.15, -0.1) is 0 Å². The molecule has 1 fully saturated rings. The summed E-state index contributed by atoms with van der Waals surface area (Å²) in [6.45, 7) is 17.0. The van der Waals surface area contributed by atoms with Crippen molar-refractivity contribution in [3.63, 3.8) is 0 Å².